The Morgan fingerprint density at radius 2 is 2.00 bits per heavy atom. The third kappa shape index (κ3) is 3.84. The summed E-state index contributed by atoms with van der Waals surface area (Å²) in [6, 6.07) is 15.4. The Bertz CT molecular complexity index is 783. The monoisotopic (exact) mass is 327 g/mol. The normalized spacial score (nSPS) is 10.7. The van der Waals surface area contributed by atoms with Crippen LogP contribution in [0, 0.1) is 0 Å². The molecule has 1 amide bonds. The van der Waals surface area contributed by atoms with E-state index in [9.17, 15) is 4.79 Å². The molecular formula is C17H17N3O2S. The van der Waals surface area contributed by atoms with Crippen LogP contribution in [0.5, 0.6) is 5.75 Å². The van der Waals surface area contributed by atoms with Crippen molar-refractivity contribution in [2.45, 2.75) is 11.7 Å². The predicted octanol–water partition coefficient (Wildman–Crippen LogP) is 2.98. The molecule has 0 aliphatic carbocycles. The van der Waals surface area contributed by atoms with Gasteiger partial charge in [-0.25, -0.2) is 4.98 Å². The summed E-state index contributed by atoms with van der Waals surface area (Å²) in [6.07, 6.45) is 0. The lowest BCUT2D eigenvalue weighted by Gasteiger charge is -2.09. The number of nitrogens with zero attached hydrogens (tertiary/aromatic N) is 1. The molecule has 0 aliphatic rings. The van der Waals surface area contributed by atoms with Crippen LogP contribution < -0.4 is 10.1 Å². The number of H-pyrrole nitrogens is 1. The zero-order valence-electron chi connectivity index (χ0n) is 12.7. The topological polar surface area (TPSA) is 67.0 Å². The molecule has 23 heavy (non-hydrogen) atoms. The molecule has 0 saturated heterocycles. The van der Waals surface area contributed by atoms with Crippen molar-refractivity contribution in [1.82, 2.24) is 15.3 Å². The first-order chi connectivity index (χ1) is 11.3. The van der Waals surface area contributed by atoms with Crippen molar-refractivity contribution in [3.05, 3.63) is 54.1 Å². The average molecular weight is 327 g/mol. The number of carbonyl (C=O) groups excluding carboxylic acids is 1. The lowest BCUT2D eigenvalue weighted by molar-refractivity contribution is -0.118. The van der Waals surface area contributed by atoms with Gasteiger partial charge in [0.15, 0.2) is 5.16 Å². The van der Waals surface area contributed by atoms with Gasteiger partial charge in [-0.05, 0) is 18.2 Å². The summed E-state index contributed by atoms with van der Waals surface area (Å²) in [4.78, 5) is 19.6. The number of amides is 1. The van der Waals surface area contributed by atoms with Crippen molar-refractivity contribution >= 4 is 28.7 Å². The van der Waals surface area contributed by atoms with Crippen LogP contribution in [-0.4, -0.2) is 28.7 Å². The molecule has 3 rings (SSSR count). The molecular weight excluding hydrogens is 310 g/mol. The van der Waals surface area contributed by atoms with Gasteiger partial charge in [-0.15, -0.1) is 0 Å². The number of imidazole rings is 1. The summed E-state index contributed by atoms with van der Waals surface area (Å²) in [6.45, 7) is 0.448. The molecule has 5 nitrogen and oxygen atoms in total. The molecule has 0 aliphatic heterocycles. The Balaban J connectivity index is 1.53. The first-order valence-electron chi connectivity index (χ1n) is 7.22. The van der Waals surface area contributed by atoms with Crippen LogP contribution in [0.15, 0.2) is 53.7 Å². The van der Waals surface area contributed by atoms with Crippen LogP contribution in [0.3, 0.4) is 0 Å². The summed E-state index contributed by atoms with van der Waals surface area (Å²) in [5.41, 5.74) is 2.84. The summed E-state index contributed by atoms with van der Waals surface area (Å²) in [5.74, 6) is 1.05. The number of para-hydroxylation sites is 3. The highest BCUT2D eigenvalue weighted by molar-refractivity contribution is 7.99. The van der Waals surface area contributed by atoms with Crippen molar-refractivity contribution in [3.63, 3.8) is 0 Å². The van der Waals surface area contributed by atoms with Crippen LogP contribution in [0.25, 0.3) is 11.0 Å². The SMILES string of the molecule is COc1ccccc1CNC(=O)CSc1nc2ccccc2[nH]1. The van der Waals surface area contributed by atoms with Crippen LogP contribution in [-0.2, 0) is 11.3 Å². The van der Waals surface area contributed by atoms with E-state index in [4.69, 9.17) is 4.74 Å². The maximum Gasteiger partial charge on any atom is 0.230 e. The van der Waals surface area contributed by atoms with Gasteiger partial charge >= 0.3 is 0 Å². The van der Waals surface area contributed by atoms with Gasteiger partial charge in [0.25, 0.3) is 0 Å². The fraction of sp³-hybridized carbons (Fsp3) is 0.176. The first kappa shape index (κ1) is 15.4. The summed E-state index contributed by atoms with van der Waals surface area (Å²) < 4.78 is 5.27. The number of rotatable bonds is 6. The molecule has 1 aromatic heterocycles. The van der Waals surface area contributed by atoms with E-state index in [0.717, 1.165) is 27.5 Å². The molecule has 118 valence electrons. The van der Waals surface area contributed by atoms with Gasteiger partial charge in [-0.3, -0.25) is 4.79 Å². The van der Waals surface area contributed by atoms with Crippen molar-refractivity contribution in [3.8, 4) is 5.75 Å². The zero-order valence-corrected chi connectivity index (χ0v) is 13.5. The fourth-order valence-corrected chi connectivity index (χ4v) is 2.94. The van der Waals surface area contributed by atoms with Crippen LogP contribution in [0.4, 0.5) is 0 Å². The third-order valence-electron chi connectivity index (χ3n) is 3.38. The maximum atomic E-state index is 12.0. The maximum absolute atomic E-state index is 12.0. The summed E-state index contributed by atoms with van der Waals surface area (Å²) in [7, 11) is 1.62. The minimum atomic E-state index is -0.0404. The number of hydrogen-bond donors (Lipinski definition) is 2. The predicted molar refractivity (Wildman–Crippen MR) is 91.7 cm³/mol. The van der Waals surface area contributed by atoms with E-state index in [-0.39, 0.29) is 5.91 Å². The van der Waals surface area contributed by atoms with Crippen LogP contribution in [0.2, 0.25) is 0 Å². The van der Waals surface area contributed by atoms with Gasteiger partial charge in [-0.2, -0.15) is 0 Å². The average Bonchev–Trinajstić information content (AvgIpc) is 3.01. The largest absolute Gasteiger partial charge is 0.496 e. The Labute approximate surface area is 138 Å². The second-order valence-corrected chi connectivity index (χ2v) is 5.90. The molecule has 0 saturated carbocycles. The number of hydrogen-bond acceptors (Lipinski definition) is 4. The number of thioether (sulfide) groups is 1. The van der Waals surface area contributed by atoms with Crippen LogP contribution >= 0.6 is 11.8 Å². The lowest BCUT2D eigenvalue weighted by Crippen LogP contribution is -2.24. The molecule has 0 bridgehead atoms. The van der Waals surface area contributed by atoms with Gasteiger partial charge in [-0.1, -0.05) is 42.1 Å². The summed E-state index contributed by atoms with van der Waals surface area (Å²) >= 11 is 1.39. The number of aromatic amines is 1. The number of fused-ring (bicyclic) bond motifs is 1. The number of carbonyl (C=O) groups is 1. The minimum absolute atomic E-state index is 0.0404. The minimum Gasteiger partial charge on any atom is -0.496 e. The van der Waals surface area contributed by atoms with E-state index in [1.807, 2.05) is 48.5 Å². The Morgan fingerprint density at radius 3 is 2.83 bits per heavy atom. The van der Waals surface area contributed by atoms with E-state index in [0.29, 0.717) is 12.3 Å². The number of methoxy groups -OCH3 is 1. The molecule has 2 aromatic carbocycles. The molecule has 0 radical (unpaired) electrons. The fourth-order valence-electron chi connectivity index (χ4n) is 2.23. The van der Waals surface area contributed by atoms with Gasteiger partial charge in [0, 0.05) is 12.1 Å². The Morgan fingerprint density at radius 1 is 1.22 bits per heavy atom. The van der Waals surface area contributed by atoms with E-state index in [2.05, 4.69) is 15.3 Å². The van der Waals surface area contributed by atoms with Gasteiger partial charge in [0.1, 0.15) is 5.75 Å². The standard InChI is InChI=1S/C17H17N3O2S/c1-22-15-9-5-2-6-12(15)10-18-16(21)11-23-17-19-13-7-3-4-8-14(13)20-17/h2-9H,10-11H2,1H3,(H,18,21)(H,19,20). The molecule has 2 N–H and O–H groups in total. The van der Waals surface area contributed by atoms with Gasteiger partial charge < -0.3 is 15.0 Å². The number of benzene rings is 2. The lowest BCUT2D eigenvalue weighted by atomic mass is 10.2. The number of nitrogens with one attached hydrogen (secondary N) is 2. The van der Waals surface area contributed by atoms with Gasteiger partial charge in [0.2, 0.25) is 5.91 Å². The molecule has 6 heteroatoms. The highest BCUT2D eigenvalue weighted by Gasteiger charge is 2.08. The third-order valence-corrected chi connectivity index (χ3v) is 4.25. The molecule has 0 unspecified atom stereocenters. The molecule has 3 aromatic rings. The van der Waals surface area contributed by atoms with Crippen LogP contribution in [0.1, 0.15) is 5.56 Å². The van der Waals surface area contributed by atoms with Crippen molar-refractivity contribution < 1.29 is 9.53 Å². The first-order valence-corrected chi connectivity index (χ1v) is 8.21. The molecule has 1 heterocycles. The second kappa shape index (κ2) is 7.19. The highest BCUT2D eigenvalue weighted by Crippen LogP contribution is 2.19. The smallest absolute Gasteiger partial charge is 0.230 e. The van der Waals surface area contributed by atoms with Gasteiger partial charge in [0.05, 0.1) is 23.9 Å². The zero-order chi connectivity index (χ0) is 16.1. The Hall–Kier alpha value is -2.47. The van der Waals surface area contributed by atoms with E-state index >= 15 is 0 Å². The van der Waals surface area contributed by atoms with Crippen molar-refractivity contribution in [1.29, 1.82) is 0 Å². The van der Waals surface area contributed by atoms with E-state index in [1.54, 1.807) is 7.11 Å². The number of aromatic nitrogens is 2. The Kier molecular flexibility index (Phi) is 4.83. The molecule has 0 atom stereocenters. The second-order valence-electron chi connectivity index (χ2n) is 4.94. The molecule has 0 fully saturated rings. The highest BCUT2D eigenvalue weighted by atomic mass is 32.2. The number of ether oxygens (including phenoxy) is 1. The van der Waals surface area contributed by atoms with E-state index in [1.165, 1.54) is 11.8 Å². The summed E-state index contributed by atoms with van der Waals surface area (Å²) in [5, 5.41) is 3.64. The molecule has 0 spiro atoms. The van der Waals surface area contributed by atoms with Crippen molar-refractivity contribution in [2.75, 3.05) is 12.9 Å². The van der Waals surface area contributed by atoms with Crippen molar-refractivity contribution in [2.24, 2.45) is 0 Å². The quantitative estimate of drug-likeness (QED) is 0.683. The van der Waals surface area contributed by atoms with E-state index < -0.39 is 0 Å².